The first kappa shape index (κ1) is 14.6. The number of rotatable bonds is 4. The molecule has 0 atom stereocenters. The zero-order valence-corrected chi connectivity index (χ0v) is 13.6. The maximum atomic E-state index is 4.59. The number of nitrogens with zero attached hydrogens (tertiary/aromatic N) is 3. The van der Waals surface area contributed by atoms with Crippen molar-refractivity contribution >= 4 is 11.0 Å². The monoisotopic (exact) mass is 285 g/mol. The minimum atomic E-state index is 0.188. The van der Waals surface area contributed by atoms with E-state index in [9.17, 15) is 0 Å². The van der Waals surface area contributed by atoms with Crippen LogP contribution in [0.1, 0.15) is 45.6 Å². The number of hydrogen-bond acceptors (Lipinski definition) is 2. The number of benzene rings is 1. The van der Waals surface area contributed by atoms with Gasteiger partial charge in [-0.05, 0) is 62.0 Å². The van der Waals surface area contributed by atoms with E-state index >= 15 is 0 Å². The third kappa shape index (κ3) is 3.29. The maximum absolute atomic E-state index is 4.59. The Morgan fingerprint density at radius 2 is 1.86 bits per heavy atom. The van der Waals surface area contributed by atoms with Crippen LogP contribution in [0.4, 0.5) is 0 Å². The van der Waals surface area contributed by atoms with Gasteiger partial charge in [0.05, 0.1) is 17.4 Å². The van der Waals surface area contributed by atoms with Gasteiger partial charge < -0.3 is 9.47 Å². The van der Waals surface area contributed by atoms with Crippen molar-refractivity contribution in [2.75, 3.05) is 19.6 Å². The summed E-state index contributed by atoms with van der Waals surface area (Å²) in [6, 6.07) is 6.73. The molecule has 0 unspecified atom stereocenters. The summed E-state index contributed by atoms with van der Waals surface area (Å²) in [6.07, 6.45) is 5.97. The van der Waals surface area contributed by atoms with Gasteiger partial charge in [-0.15, -0.1) is 0 Å². The van der Waals surface area contributed by atoms with Gasteiger partial charge in [-0.1, -0.05) is 26.8 Å². The molecule has 1 saturated heterocycles. The highest BCUT2D eigenvalue weighted by molar-refractivity contribution is 5.76. The van der Waals surface area contributed by atoms with E-state index in [1.807, 2.05) is 6.33 Å². The maximum Gasteiger partial charge on any atom is 0.0958 e. The fraction of sp³-hybridized carbons (Fsp3) is 0.611. The Labute approximate surface area is 128 Å². The molecule has 0 N–H and O–H groups in total. The van der Waals surface area contributed by atoms with Crippen molar-refractivity contribution in [3.8, 4) is 0 Å². The molecule has 1 aliphatic rings. The summed E-state index contributed by atoms with van der Waals surface area (Å²) in [4.78, 5) is 7.17. The van der Waals surface area contributed by atoms with E-state index < -0.39 is 0 Å². The molecule has 0 aliphatic carbocycles. The molecule has 1 fully saturated rings. The van der Waals surface area contributed by atoms with Gasteiger partial charge in [0, 0.05) is 6.54 Å². The molecule has 3 heteroatoms. The Morgan fingerprint density at radius 1 is 1.10 bits per heavy atom. The zero-order valence-electron chi connectivity index (χ0n) is 13.6. The third-order valence-electron chi connectivity index (χ3n) is 4.56. The first-order valence-corrected chi connectivity index (χ1v) is 8.22. The number of aryl methyl sites for hydroxylation is 1. The van der Waals surface area contributed by atoms with Crippen LogP contribution in [0.3, 0.4) is 0 Å². The minimum Gasteiger partial charge on any atom is -0.331 e. The molecule has 21 heavy (non-hydrogen) atoms. The summed E-state index contributed by atoms with van der Waals surface area (Å²) < 4.78 is 2.30. The fourth-order valence-corrected chi connectivity index (χ4v) is 3.18. The SMILES string of the molecule is CC(C)(C)c1ccc2c(c1)ncn2CCCN1CCCC1. The molecule has 0 radical (unpaired) electrons. The third-order valence-corrected chi connectivity index (χ3v) is 4.56. The van der Waals surface area contributed by atoms with Crippen molar-refractivity contribution in [1.29, 1.82) is 0 Å². The lowest BCUT2D eigenvalue weighted by Gasteiger charge is -2.19. The van der Waals surface area contributed by atoms with Gasteiger partial charge in [0.15, 0.2) is 0 Å². The van der Waals surface area contributed by atoms with Crippen LogP contribution >= 0.6 is 0 Å². The molecule has 0 amide bonds. The topological polar surface area (TPSA) is 21.1 Å². The Morgan fingerprint density at radius 3 is 2.57 bits per heavy atom. The van der Waals surface area contributed by atoms with Gasteiger partial charge in [0.1, 0.15) is 0 Å². The second-order valence-electron chi connectivity index (χ2n) is 7.29. The summed E-state index contributed by atoms with van der Waals surface area (Å²) in [5.41, 5.74) is 3.94. The first-order chi connectivity index (χ1) is 10.0. The molecule has 0 spiro atoms. The Balaban J connectivity index is 1.68. The van der Waals surface area contributed by atoms with Crippen LogP contribution in [0.2, 0.25) is 0 Å². The molecule has 1 aliphatic heterocycles. The summed E-state index contributed by atoms with van der Waals surface area (Å²) in [5, 5.41) is 0. The summed E-state index contributed by atoms with van der Waals surface area (Å²) >= 11 is 0. The average Bonchev–Trinajstić information content (AvgIpc) is 3.07. The highest BCUT2D eigenvalue weighted by atomic mass is 15.1. The summed E-state index contributed by atoms with van der Waals surface area (Å²) in [6.45, 7) is 11.6. The first-order valence-electron chi connectivity index (χ1n) is 8.22. The molecule has 2 aromatic rings. The van der Waals surface area contributed by atoms with Gasteiger partial charge in [-0.3, -0.25) is 0 Å². The highest BCUT2D eigenvalue weighted by Crippen LogP contribution is 2.25. The van der Waals surface area contributed by atoms with E-state index in [1.165, 1.54) is 50.0 Å². The standard InChI is InChI=1S/C18H27N3/c1-18(2,3)15-7-8-17-16(13-15)19-14-21(17)12-6-11-20-9-4-5-10-20/h7-8,13-14H,4-6,9-12H2,1-3H3. The van der Waals surface area contributed by atoms with Crippen LogP contribution < -0.4 is 0 Å². The van der Waals surface area contributed by atoms with Gasteiger partial charge in [0.25, 0.3) is 0 Å². The molecule has 0 bridgehead atoms. The van der Waals surface area contributed by atoms with Crippen LogP contribution in [0.25, 0.3) is 11.0 Å². The second-order valence-corrected chi connectivity index (χ2v) is 7.29. The van der Waals surface area contributed by atoms with E-state index in [-0.39, 0.29) is 5.41 Å². The van der Waals surface area contributed by atoms with Crippen molar-refractivity contribution < 1.29 is 0 Å². The second kappa shape index (κ2) is 5.80. The largest absolute Gasteiger partial charge is 0.331 e. The van der Waals surface area contributed by atoms with Crippen molar-refractivity contribution in [2.24, 2.45) is 0 Å². The molecule has 114 valence electrons. The highest BCUT2D eigenvalue weighted by Gasteiger charge is 2.15. The van der Waals surface area contributed by atoms with Crippen LogP contribution in [0.5, 0.6) is 0 Å². The number of hydrogen-bond donors (Lipinski definition) is 0. The number of aromatic nitrogens is 2. The lowest BCUT2D eigenvalue weighted by atomic mass is 9.87. The molecule has 1 aromatic carbocycles. The van der Waals surface area contributed by atoms with Gasteiger partial charge in [0.2, 0.25) is 0 Å². The Kier molecular flexibility index (Phi) is 4.03. The lowest BCUT2D eigenvalue weighted by molar-refractivity contribution is 0.326. The van der Waals surface area contributed by atoms with E-state index in [0.29, 0.717) is 0 Å². The predicted molar refractivity (Wildman–Crippen MR) is 88.7 cm³/mol. The number of likely N-dealkylation sites (tertiary alicyclic amines) is 1. The zero-order chi connectivity index (χ0) is 14.9. The van der Waals surface area contributed by atoms with E-state index in [0.717, 1.165) is 12.1 Å². The minimum absolute atomic E-state index is 0.188. The Bertz CT molecular complexity index is 600. The molecule has 2 heterocycles. The normalized spacial score (nSPS) is 16.9. The van der Waals surface area contributed by atoms with E-state index in [4.69, 9.17) is 0 Å². The van der Waals surface area contributed by atoms with Crippen molar-refractivity contribution in [3.63, 3.8) is 0 Å². The number of imidazole rings is 1. The van der Waals surface area contributed by atoms with Gasteiger partial charge >= 0.3 is 0 Å². The summed E-state index contributed by atoms with van der Waals surface area (Å²) in [7, 11) is 0. The van der Waals surface area contributed by atoms with Crippen LogP contribution in [0.15, 0.2) is 24.5 Å². The quantitative estimate of drug-likeness (QED) is 0.851. The van der Waals surface area contributed by atoms with Gasteiger partial charge in [-0.2, -0.15) is 0 Å². The van der Waals surface area contributed by atoms with E-state index in [1.54, 1.807) is 0 Å². The summed E-state index contributed by atoms with van der Waals surface area (Å²) in [5.74, 6) is 0. The van der Waals surface area contributed by atoms with Crippen molar-refractivity contribution in [2.45, 2.75) is 52.0 Å². The molecular weight excluding hydrogens is 258 g/mol. The molecular formula is C18H27N3. The molecule has 3 nitrogen and oxygen atoms in total. The number of fused-ring (bicyclic) bond motifs is 1. The average molecular weight is 285 g/mol. The Hall–Kier alpha value is -1.35. The van der Waals surface area contributed by atoms with Crippen molar-refractivity contribution in [1.82, 2.24) is 14.5 Å². The fourth-order valence-electron chi connectivity index (χ4n) is 3.18. The van der Waals surface area contributed by atoms with Gasteiger partial charge in [-0.25, -0.2) is 4.98 Å². The smallest absolute Gasteiger partial charge is 0.0958 e. The molecule has 0 saturated carbocycles. The molecule has 1 aromatic heterocycles. The van der Waals surface area contributed by atoms with Crippen molar-refractivity contribution in [3.05, 3.63) is 30.1 Å². The van der Waals surface area contributed by atoms with E-state index in [2.05, 4.69) is 53.4 Å². The predicted octanol–water partition coefficient (Wildman–Crippen LogP) is 3.82. The van der Waals surface area contributed by atoms with Crippen LogP contribution in [0, 0.1) is 0 Å². The molecule has 3 rings (SSSR count). The van der Waals surface area contributed by atoms with Crippen LogP contribution in [-0.2, 0) is 12.0 Å². The van der Waals surface area contributed by atoms with Crippen LogP contribution in [-0.4, -0.2) is 34.1 Å². The lowest BCUT2D eigenvalue weighted by Crippen LogP contribution is -2.21.